The lowest BCUT2D eigenvalue weighted by Gasteiger charge is -2.38. The number of aliphatic hydroxyl groups is 1. The van der Waals surface area contributed by atoms with Crippen molar-refractivity contribution >= 4 is 92.3 Å². The second-order valence-electron chi connectivity index (χ2n) is 22.8. The molecule has 3 aliphatic heterocycles. The number of amides is 5. The fraction of sp³-hybridized carbons (Fsp3) is 0.500. The van der Waals surface area contributed by atoms with Gasteiger partial charge >= 0.3 is 6.03 Å². The van der Waals surface area contributed by atoms with Crippen LogP contribution >= 0.6 is 34.5 Å². The van der Waals surface area contributed by atoms with Crippen molar-refractivity contribution in [2.24, 2.45) is 0 Å². The van der Waals surface area contributed by atoms with Crippen LogP contribution in [-0.2, 0) is 57.5 Å². The van der Waals surface area contributed by atoms with E-state index in [-0.39, 0.29) is 56.3 Å². The number of piperidine rings is 1. The van der Waals surface area contributed by atoms with Crippen LogP contribution in [0, 0.1) is 18.8 Å². The summed E-state index contributed by atoms with van der Waals surface area (Å²) in [6.07, 6.45) is 3.40. The van der Waals surface area contributed by atoms with E-state index < -0.39 is 12.3 Å². The molecule has 6 aromatic rings. The molecular formula is C66H81Cl2N11O12S. The molecule has 1 saturated heterocycles. The van der Waals surface area contributed by atoms with Gasteiger partial charge in [-0.1, -0.05) is 59.5 Å². The van der Waals surface area contributed by atoms with Crippen LogP contribution in [0.15, 0.2) is 72.1 Å². The molecule has 2 unspecified atom stereocenters. The highest BCUT2D eigenvalue weighted by atomic mass is 35.5. The third-order valence-corrected chi connectivity index (χ3v) is 17.8. The topological polar surface area (TPSA) is 228 Å². The number of fused-ring (bicyclic) bond motifs is 3. The van der Waals surface area contributed by atoms with E-state index in [2.05, 4.69) is 38.0 Å². The van der Waals surface area contributed by atoms with Gasteiger partial charge in [0.15, 0.2) is 17.1 Å². The summed E-state index contributed by atoms with van der Waals surface area (Å²) < 4.78 is 41.9. The highest BCUT2D eigenvalue weighted by molar-refractivity contribution is 7.12. The number of aromatic nitrogens is 4. The van der Waals surface area contributed by atoms with Crippen molar-refractivity contribution in [2.45, 2.75) is 90.2 Å². The Kier molecular flexibility index (Phi) is 24.4. The molecule has 1 saturated carbocycles. The number of benzene rings is 3. The van der Waals surface area contributed by atoms with Crippen LogP contribution in [0.1, 0.15) is 84.8 Å². The van der Waals surface area contributed by atoms with E-state index in [0.717, 1.165) is 47.4 Å². The van der Waals surface area contributed by atoms with Gasteiger partial charge in [-0.2, -0.15) is 4.98 Å². The lowest BCUT2D eigenvalue weighted by Crippen LogP contribution is -2.49. The Morgan fingerprint density at radius 1 is 0.793 bits per heavy atom. The molecule has 26 heteroatoms. The second-order valence-corrected chi connectivity index (χ2v) is 24.5. The van der Waals surface area contributed by atoms with E-state index in [1.807, 2.05) is 64.2 Å². The molecule has 3 aromatic carbocycles. The molecule has 0 spiro atoms. The number of hydrogen-bond donors (Lipinski definition) is 2. The van der Waals surface area contributed by atoms with Crippen LogP contribution in [0.3, 0.4) is 0 Å². The van der Waals surface area contributed by atoms with Crippen LogP contribution in [0.4, 0.5) is 27.9 Å². The summed E-state index contributed by atoms with van der Waals surface area (Å²) >= 11 is 14.7. The van der Waals surface area contributed by atoms with E-state index in [1.54, 1.807) is 44.1 Å². The SMILES string of the molecule is CC#CCn1c(N2CCCC(NC(=O)CCOCCOCCOCCOCCOCCOCCN(C)C(=O)CCc3cc(Cl)c(Oc4sccc4C(=O)N4CCN(C5CC5)c5ccccc54)cc3Cl)C2)nc2c1C(O)N(Cc1nc(C)c3ccccc3n1)C(=O)N2C. The van der Waals surface area contributed by atoms with Gasteiger partial charge in [0.25, 0.3) is 5.91 Å². The number of carbonyl (C=O) groups is 4. The molecule has 6 heterocycles. The first-order valence-electron chi connectivity index (χ1n) is 31.4. The predicted molar refractivity (Wildman–Crippen MR) is 352 cm³/mol. The Hall–Kier alpha value is -7.15. The number of imidazole rings is 1. The quantitative estimate of drug-likeness (QED) is 0.0290. The van der Waals surface area contributed by atoms with Gasteiger partial charge in [-0.3, -0.25) is 28.8 Å². The molecule has 0 radical (unpaired) electrons. The summed E-state index contributed by atoms with van der Waals surface area (Å²) in [5.41, 5.74) is 5.13. The molecular weight excluding hydrogens is 1240 g/mol. The van der Waals surface area contributed by atoms with Crippen molar-refractivity contribution in [3.05, 3.63) is 110 Å². The number of carbonyl (C=O) groups excluding carboxylic acids is 4. The van der Waals surface area contributed by atoms with E-state index in [0.29, 0.717) is 167 Å². The van der Waals surface area contributed by atoms with Crippen LogP contribution in [-0.4, -0.2) is 196 Å². The minimum absolute atomic E-state index is 0.0134. The van der Waals surface area contributed by atoms with Gasteiger partial charge in [-0.05, 0) is 87.2 Å². The summed E-state index contributed by atoms with van der Waals surface area (Å²) in [5.74, 6) is 7.39. The molecule has 492 valence electrons. The normalized spacial score (nSPS) is 16.4. The Balaban J connectivity index is 0.525. The molecule has 2 atom stereocenters. The van der Waals surface area contributed by atoms with E-state index in [9.17, 15) is 24.3 Å². The first-order valence-corrected chi connectivity index (χ1v) is 33.0. The average Bonchev–Trinajstić information content (AvgIpc) is 1.58. The molecule has 3 aromatic heterocycles. The van der Waals surface area contributed by atoms with E-state index in [4.69, 9.17) is 66.3 Å². The van der Waals surface area contributed by atoms with Crippen molar-refractivity contribution < 1.29 is 57.4 Å². The van der Waals surface area contributed by atoms with Gasteiger partial charge in [0.05, 0.1) is 120 Å². The number of aryl methyl sites for hydroxylation is 2. The Labute approximate surface area is 550 Å². The number of nitrogens with one attached hydrogen (secondary N) is 1. The fourth-order valence-electron chi connectivity index (χ4n) is 11.4. The highest BCUT2D eigenvalue weighted by Crippen LogP contribution is 2.44. The number of thiophene rings is 1. The summed E-state index contributed by atoms with van der Waals surface area (Å²) in [4.78, 5) is 78.8. The van der Waals surface area contributed by atoms with E-state index in [1.165, 1.54) is 34.0 Å². The van der Waals surface area contributed by atoms with Crippen molar-refractivity contribution in [2.75, 3.05) is 146 Å². The Morgan fingerprint density at radius 3 is 2.17 bits per heavy atom. The molecule has 0 bridgehead atoms. The van der Waals surface area contributed by atoms with Crippen LogP contribution in [0.5, 0.6) is 10.8 Å². The predicted octanol–water partition coefficient (Wildman–Crippen LogP) is 8.68. The lowest BCUT2D eigenvalue weighted by molar-refractivity contribution is -0.130. The fourth-order valence-corrected chi connectivity index (χ4v) is 12.6. The van der Waals surface area contributed by atoms with Crippen LogP contribution < -0.4 is 29.7 Å². The Morgan fingerprint density at radius 2 is 1.47 bits per heavy atom. The van der Waals surface area contributed by atoms with Gasteiger partial charge in [-0.25, -0.2) is 14.8 Å². The number of anilines is 4. The van der Waals surface area contributed by atoms with Gasteiger partial charge in [-0.15, -0.1) is 17.3 Å². The standard InChI is InChI=1S/C66H81Cl2N11O12S/c1-5-6-24-78-60-61(74(4)66(84)79(63(60)83)44-57-69-45(2)49-13-7-8-14-53(49)71-57)72-65(78)75-23-11-12-47(43-75)70-58(80)21-28-85-30-32-87-34-36-89-38-39-90-37-35-88-33-31-86-29-27-73(3)59(81)20-17-46-41-52(68)56(42-51(46)67)91-64-50(22-40-92-64)62(82)77-26-25-76(48-18-19-48)54-15-9-10-16-55(54)77/h7-10,13-16,22,40-42,47-48,63,83H,11-12,17-21,23-39,43-44H2,1-4H3,(H,70,80). The van der Waals surface area contributed by atoms with Crippen LogP contribution in [0.25, 0.3) is 10.9 Å². The van der Waals surface area contributed by atoms with Gasteiger partial charge in [0, 0.05) is 93.9 Å². The molecule has 2 fully saturated rings. The largest absolute Gasteiger partial charge is 0.444 e. The zero-order chi connectivity index (χ0) is 64.5. The number of urea groups is 1. The minimum atomic E-state index is -1.33. The number of aliphatic hydroxyl groups excluding tert-OH is 1. The number of nitrogens with zero attached hydrogens (tertiary/aromatic N) is 10. The first-order chi connectivity index (χ1) is 44.8. The zero-order valence-corrected chi connectivity index (χ0v) is 54.9. The minimum Gasteiger partial charge on any atom is -0.444 e. The zero-order valence-electron chi connectivity index (χ0n) is 52.6. The van der Waals surface area contributed by atoms with Crippen LogP contribution in [0.2, 0.25) is 10.0 Å². The number of hydrogen-bond acceptors (Lipinski definition) is 18. The number of likely N-dealkylation sites (N-methyl/N-ethyl adjacent to an activating group) is 1. The van der Waals surface area contributed by atoms with E-state index >= 15 is 0 Å². The van der Waals surface area contributed by atoms with Crippen molar-refractivity contribution in [3.8, 4) is 22.7 Å². The molecule has 10 rings (SSSR count). The van der Waals surface area contributed by atoms with Gasteiger partial charge < -0.3 is 63.2 Å². The summed E-state index contributed by atoms with van der Waals surface area (Å²) in [5, 5.41) is 18.9. The Bertz CT molecular complexity index is 3580. The smallest absolute Gasteiger partial charge is 0.328 e. The van der Waals surface area contributed by atoms with Gasteiger partial charge in [0.1, 0.15) is 17.3 Å². The number of ether oxygens (including phenoxy) is 7. The number of halogens is 2. The third kappa shape index (κ3) is 17.4. The lowest BCUT2D eigenvalue weighted by atomic mass is 10.1. The molecule has 23 nitrogen and oxygen atoms in total. The molecule has 1 aliphatic carbocycles. The second kappa shape index (κ2) is 33.1. The summed E-state index contributed by atoms with van der Waals surface area (Å²) in [6.45, 7) is 11.3. The molecule has 2 N–H and O–H groups in total. The molecule has 5 amide bonds. The molecule has 92 heavy (non-hydrogen) atoms. The maximum absolute atomic E-state index is 14.0. The number of rotatable bonds is 33. The van der Waals surface area contributed by atoms with Crippen molar-refractivity contribution in [1.82, 2.24) is 34.6 Å². The third-order valence-electron chi connectivity index (χ3n) is 16.4. The highest BCUT2D eigenvalue weighted by Gasteiger charge is 2.42. The van der Waals surface area contributed by atoms with Crippen molar-refractivity contribution in [1.29, 1.82) is 0 Å². The number of para-hydroxylation sites is 3. The van der Waals surface area contributed by atoms with Gasteiger partial charge in [0.2, 0.25) is 17.8 Å². The molecule has 4 aliphatic rings. The van der Waals surface area contributed by atoms with Crippen molar-refractivity contribution in [3.63, 3.8) is 0 Å². The summed E-state index contributed by atoms with van der Waals surface area (Å²) in [7, 11) is 3.37. The monoisotopic (exact) mass is 1320 g/mol. The average molecular weight is 1320 g/mol. The summed E-state index contributed by atoms with van der Waals surface area (Å²) in [6, 6.07) is 20.8. The maximum Gasteiger partial charge on any atom is 0.328 e. The first kappa shape index (κ1) is 67.7. The maximum atomic E-state index is 14.0.